The summed E-state index contributed by atoms with van der Waals surface area (Å²) in [5.74, 6) is 0. The van der Waals surface area contributed by atoms with Crippen LogP contribution < -0.4 is 5.32 Å². The van der Waals surface area contributed by atoms with E-state index in [2.05, 4.69) is 5.32 Å². The molecule has 0 radical (unpaired) electrons. The average Bonchev–Trinajstić information content (AvgIpc) is 2.17. The summed E-state index contributed by atoms with van der Waals surface area (Å²) in [5.41, 5.74) is 0. The van der Waals surface area contributed by atoms with E-state index in [-0.39, 0.29) is 12.1 Å². The molecular weight excluding hydrogens is 166 g/mol. The van der Waals surface area contributed by atoms with E-state index in [1.807, 2.05) is 25.8 Å². The molecule has 4 heteroatoms. The summed E-state index contributed by atoms with van der Waals surface area (Å²) in [5, 5.41) is 3.23. The van der Waals surface area contributed by atoms with E-state index in [4.69, 9.17) is 0 Å². The number of carbonyl (C=O) groups is 1. The van der Waals surface area contributed by atoms with Crippen LogP contribution in [0.2, 0.25) is 0 Å². The van der Waals surface area contributed by atoms with E-state index in [0.717, 1.165) is 26.2 Å². The van der Waals surface area contributed by atoms with Gasteiger partial charge in [-0.1, -0.05) is 0 Å². The molecule has 0 bridgehead atoms. The molecule has 2 amide bonds. The van der Waals surface area contributed by atoms with Crippen molar-refractivity contribution in [1.82, 2.24) is 15.1 Å². The average molecular weight is 185 g/mol. The van der Waals surface area contributed by atoms with Crippen molar-refractivity contribution in [2.24, 2.45) is 0 Å². The number of nitrogens with zero attached hydrogens (tertiary/aromatic N) is 2. The molecular formula is C9H19N3O. The third-order valence-corrected chi connectivity index (χ3v) is 2.46. The number of nitrogens with one attached hydrogen (secondary N) is 1. The molecule has 1 N–H and O–H groups in total. The van der Waals surface area contributed by atoms with Crippen LogP contribution in [0.3, 0.4) is 0 Å². The first kappa shape index (κ1) is 10.3. The van der Waals surface area contributed by atoms with Gasteiger partial charge in [0.1, 0.15) is 0 Å². The third-order valence-electron chi connectivity index (χ3n) is 2.46. The van der Waals surface area contributed by atoms with Gasteiger partial charge in [0.05, 0.1) is 0 Å². The van der Waals surface area contributed by atoms with Crippen LogP contribution in [-0.2, 0) is 0 Å². The fourth-order valence-corrected chi connectivity index (χ4v) is 1.30. The molecule has 1 aliphatic heterocycles. The van der Waals surface area contributed by atoms with Gasteiger partial charge in [-0.2, -0.15) is 0 Å². The van der Waals surface area contributed by atoms with Gasteiger partial charge in [-0.25, -0.2) is 4.79 Å². The molecule has 1 aliphatic rings. The standard InChI is InChI=1S/C9H19N3O/c1-8(2)11(3)9(13)12-6-4-10-5-7-12/h8,10H,4-7H2,1-3H3. The third kappa shape index (κ3) is 2.59. The van der Waals surface area contributed by atoms with Crippen molar-refractivity contribution in [3.05, 3.63) is 0 Å². The zero-order valence-corrected chi connectivity index (χ0v) is 8.71. The Kier molecular flexibility index (Phi) is 3.54. The van der Waals surface area contributed by atoms with Crippen LogP contribution in [0.5, 0.6) is 0 Å². The number of carbonyl (C=O) groups excluding carboxylic acids is 1. The SMILES string of the molecule is CC(C)N(C)C(=O)N1CCNCC1. The minimum Gasteiger partial charge on any atom is -0.325 e. The maximum atomic E-state index is 11.8. The van der Waals surface area contributed by atoms with Crippen molar-refractivity contribution >= 4 is 6.03 Å². The molecule has 1 saturated heterocycles. The Labute approximate surface area is 79.9 Å². The Morgan fingerprint density at radius 1 is 1.38 bits per heavy atom. The second kappa shape index (κ2) is 4.46. The van der Waals surface area contributed by atoms with E-state index in [0.29, 0.717) is 0 Å². The Balaban J connectivity index is 2.45. The topological polar surface area (TPSA) is 35.6 Å². The second-order valence-corrected chi connectivity index (χ2v) is 3.72. The van der Waals surface area contributed by atoms with Crippen molar-refractivity contribution in [3.8, 4) is 0 Å². The summed E-state index contributed by atoms with van der Waals surface area (Å²) in [6.07, 6.45) is 0. The first-order chi connectivity index (χ1) is 6.13. The predicted octanol–water partition coefficient (Wildman–Crippen LogP) is 0.352. The first-order valence-electron chi connectivity index (χ1n) is 4.85. The molecule has 1 heterocycles. The lowest BCUT2D eigenvalue weighted by molar-refractivity contribution is 0.146. The van der Waals surface area contributed by atoms with Crippen molar-refractivity contribution < 1.29 is 4.79 Å². The van der Waals surface area contributed by atoms with Gasteiger partial charge in [-0.3, -0.25) is 0 Å². The number of hydrogen-bond donors (Lipinski definition) is 1. The summed E-state index contributed by atoms with van der Waals surface area (Å²) in [7, 11) is 1.86. The zero-order chi connectivity index (χ0) is 9.84. The molecule has 0 unspecified atom stereocenters. The molecule has 0 spiro atoms. The van der Waals surface area contributed by atoms with Crippen molar-refractivity contribution in [1.29, 1.82) is 0 Å². The van der Waals surface area contributed by atoms with Crippen LogP contribution >= 0.6 is 0 Å². The molecule has 0 saturated carbocycles. The maximum absolute atomic E-state index is 11.8. The molecule has 0 atom stereocenters. The molecule has 0 aromatic carbocycles. The largest absolute Gasteiger partial charge is 0.325 e. The van der Waals surface area contributed by atoms with Gasteiger partial charge in [0.2, 0.25) is 0 Å². The Hall–Kier alpha value is -0.770. The van der Waals surface area contributed by atoms with Crippen LogP contribution in [0.4, 0.5) is 4.79 Å². The normalized spacial score (nSPS) is 17.7. The fourth-order valence-electron chi connectivity index (χ4n) is 1.30. The lowest BCUT2D eigenvalue weighted by Gasteiger charge is -2.33. The summed E-state index contributed by atoms with van der Waals surface area (Å²) < 4.78 is 0. The quantitative estimate of drug-likeness (QED) is 0.640. The van der Waals surface area contributed by atoms with Crippen LogP contribution in [0.25, 0.3) is 0 Å². The molecule has 0 aromatic heterocycles. The molecule has 4 nitrogen and oxygen atoms in total. The highest BCUT2D eigenvalue weighted by atomic mass is 16.2. The monoisotopic (exact) mass is 185 g/mol. The number of rotatable bonds is 1. The predicted molar refractivity (Wildman–Crippen MR) is 52.7 cm³/mol. The first-order valence-corrected chi connectivity index (χ1v) is 4.85. The second-order valence-electron chi connectivity index (χ2n) is 3.72. The van der Waals surface area contributed by atoms with Gasteiger partial charge in [0, 0.05) is 39.3 Å². The summed E-state index contributed by atoms with van der Waals surface area (Å²) in [4.78, 5) is 15.4. The van der Waals surface area contributed by atoms with Gasteiger partial charge < -0.3 is 15.1 Å². The highest BCUT2D eigenvalue weighted by Gasteiger charge is 2.20. The van der Waals surface area contributed by atoms with Crippen LogP contribution in [-0.4, -0.2) is 55.1 Å². The summed E-state index contributed by atoms with van der Waals surface area (Å²) >= 11 is 0. The number of amides is 2. The zero-order valence-electron chi connectivity index (χ0n) is 8.71. The van der Waals surface area contributed by atoms with Gasteiger partial charge in [-0.15, -0.1) is 0 Å². The van der Waals surface area contributed by atoms with Crippen LogP contribution in [0.15, 0.2) is 0 Å². The van der Waals surface area contributed by atoms with Gasteiger partial charge in [0.25, 0.3) is 0 Å². The summed E-state index contributed by atoms with van der Waals surface area (Å²) in [6, 6.07) is 0.430. The summed E-state index contributed by atoms with van der Waals surface area (Å²) in [6.45, 7) is 7.54. The van der Waals surface area contributed by atoms with Crippen LogP contribution in [0, 0.1) is 0 Å². The van der Waals surface area contributed by atoms with Crippen molar-refractivity contribution in [2.45, 2.75) is 19.9 Å². The van der Waals surface area contributed by atoms with E-state index < -0.39 is 0 Å². The van der Waals surface area contributed by atoms with Crippen molar-refractivity contribution in [2.75, 3.05) is 33.2 Å². The van der Waals surface area contributed by atoms with Gasteiger partial charge in [0.15, 0.2) is 0 Å². The fraction of sp³-hybridized carbons (Fsp3) is 0.889. The Bertz CT molecular complexity index is 176. The molecule has 0 aliphatic carbocycles. The highest BCUT2D eigenvalue weighted by molar-refractivity contribution is 5.74. The molecule has 13 heavy (non-hydrogen) atoms. The molecule has 1 rings (SSSR count). The maximum Gasteiger partial charge on any atom is 0.320 e. The molecule has 76 valence electrons. The molecule has 1 fully saturated rings. The van der Waals surface area contributed by atoms with Gasteiger partial charge >= 0.3 is 6.03 Å². The Morgan fingerprint density at radius 2 is 1.92 bits per heavy atom. The molecule has 0 aromatic rings. The highest BCUT2D eigenvalue weighted by Crippen LogP contribution is 2.02. The number of hydrogen-bond acceptors (Lipinski definition) is 2. The van der Waals surface area contributed by atoms with E-state index in [1.54, 1.807) is 4.90 Å². The number of urea groups is 1. The number of piperazine rings is 1. The van der Waals surface area contributed by atoms with E-state index >= 15 is 0 Å². The minimum absolute atomic E-state index is 0.150. The van der Waals surface area contributed by atoms with E-state index in [1.165, 1.54) is 0 Å². The Morgan fingerprint density at radius 3 is 2.38 bits per heavy atom. The minimum atomic E-state index is 0.150. The van der Waals surface area contributed by atoms with Gasteiger partial charge in [-0.05, 0) is 13.8 Å². The van der Waals surface area contributed by atoms with Crippen molar-refractivity contribution in [3.63, 3.8) is 0 Å². The lowest BCUT2D eigenvalue weighted by Crippen LogP contribution is -2.51. The van der Waals surface area contributed by atoms with E-state index in [9.17, 15) is 4.79 Å². The smallest absolute Gasteiger partial charge is 0.320 e. The van der Waals surface area contributed by atoms with Crippen LogP contribution in [0.1, 0.15) is 13.8 Å². The lowest BCUT2D eigenvalue weighted by atomic mass is 10.3.